The molecule has 0 saturated carbocycles. The Morgan fingerprint density at radius 1 is 1.29 bits per heavy atom. The van der Waals surface area contributed by atoms with Crippen molar-refractivity contribution in [3.63, 3.8) is 0 Å². The molecule has 0 aromatic heterocycles. The van der Waals surface area contributed by atoms with Crippen molar-refractivity contribution in [2.45, 2.75) is 52.2 Å². The highest BCUT2D eigenvalue weighted by Gasteiger charge is 2.17. The first-order valence-corrected chi connectivity index (χ1v) is 8.21. The van der Waals surface area contributed by atoms with Crippen LogP contribution < -0.4 is 4.74 Å². The van der Waals surface area contributed by atoms with Gasteiger partial charge >= 0.3 is 0 Å². The first-order chi connectivity index (χ1) is 10.0. The van der Waals surface area contributed by atoms with Crippen LogP contribution in [0.2, 0.25) is 0 Å². The molecule has 2 atom stereocenters. The van der Waals surface area contributed by atoms with Crippen molar-refractivity contribution in [1.29, 1.82) is 0 Å². The van der Waals surface area contributed by atoms with Gasteiger partial charge in [0, 0.05) is 13.1 Å². The number of ether oxygens (including phenoxy) is 1. The van der Waals surface area contributed by atoms with Crippen molar-refractivity contribution < 1.29 is 9.84 Å². The Morgan fingerprint density at radius 3 is 2.62 bits per heavy atom. The van der Waals surface area contributed by atoms with Crippen molar-refractivity contribution in [1.82, 2.24) is 4.90 Å². The lowest BCUT2D eigenvalue weighted by molar-refractivity contribution is 0.122. The van der Waals surface area contributed by atoms with Gasteiger partial charge in [0.2, 0.25) is 0 Å². The molecule has 118 valence electrons. The van der Waals surface area contributed by atoms with Crippen molar-refractivity contribution in [3.8, 4) is 5.75 Å². The number of aliphatic hydroxyl groups excluding tert-OH is 1. The van der Waals surface area contributed by atoms with Crippen molar-refractivity contribution >= 4 is 0 Å². The number of hydrogen-bond acceptors (Lipinski definition) is 3. The van der Waals surface area contributed by atoms with Crippen LogP contribution in [-0.2, 0) is 0 Å². The van der Waals surface area contributed by atoms with E-state index in [4.69, 9.17) is 4.74 Å². The van der Waals surface area contributed by atoms with E-state index in [-0.39, 0.29) is 12.2 Å². The molecule has 1 aromatic carbocycles. The summed E-state index contributed by atoms with van der Waals surface area (Å²) < 4.78 is 5.63. The average Bonchev–Trinajstić information content (AvgIpc) is 2.45. The summed E-state index contributed by atoms with van der Waals surface area (Å²) in [5, 5.41) is 10.3. The van der Waals surface area contributed by atoms with Crippen LogP contribution in [0.1, 0.15) is 51.7 Å². The van der Waals surface area contributed by atoms with Gasteiger partial charge in [-0.3, -0.25) is 0 Å². The summed E-state index contributed by atoms with van der Waals surface area (Å²) >= 11 is 0. The topological polar surface area (TPSA) is 32.7 Å². The predicted molar refractivity (Wildman–Crippen MR) is 86.6 cm³/mol. The Kier molecular flexibility index (Phi) is 6.07. The van der Waals surface area contributed by atoms with Gasteiger partial charge in [0.1, 0.15) is 5.75 Å². The fraction of sp³-hybridized carbons (Fsp3) is 0.667. The van der Waals surface area contributed by atoms with E-state index in [2.05, 4.69) is 11.8 Å². The number of benzene rings is 1. The highest BCUT2D eigenvalue weighted by Crippen LogP contribution is 2.22. The molecule has 2 rings (SSSR count). The van der Waals surface area contributed by atoms with E-state index in [0.29, 0.717) is 0 Å². The number of likely N-dealkylation sites (tertiary alicyclic amines) is 1. The van der Waals surface area contributed by atoms with Crippen LogP contribution >= 0.6 is 0 Å². The maximum absolute atomic E-state index is 10.3. The maximum atomic E-state index is 10.3. The molecule has 3 heteroatoms. The SMILES string of the molecule is CC1CCCN(CCC(O)c2ccc(OC(C)C)cc2)C1. The monoisotopic (exact) mass is 291 g/mol. The Bertz CT molecular complexity index is 416. The van der Waals surface area contributed by atoms with Gasteiger partial charge in [-0.15, -0.1) is 0 Å². The lowest BCUT2D eigenvalue weighted by atomic mass is 9.99. The number of rotatable bonds is 6. The minimum atomic E-state index is -0.379. The zero-order valence-electron chi connectivity index (χ0n) is 13.6. The summed E-state index contributed by atoms with van der Waals surface area (Å²) in [6.45, 7) is 9.68. The number of hydrogen-bond donors (Lipinski definition) is 1. The van der Waals surface area contributed by atoms with Gasteiger partial charge in [0.15, 0.2) is 0 Å². The minimum Gasteiger partial charge on any atom is -0.491 e. The highest BCUT2D eigenvalue weighted by atomic mass is 16.5. The van der Waals surface area contributed by atoms with E-state index < -0.39 is 0 Å². The van der Waals surface area contributed by atoms with Crippen LogP contribution in [-0.4, -0.2) is 35.7 Å². The third-order valence-corrected chi connectivity index (χ3v) is 4.10. The molecule has 1 fully saturated rings. The van der Waals surface area contributed by atoms with E-state index in [1.807, 2.05) is 38.1 Å². The van der Waals surface area contributed by atoms with E-state index in [1.165, 1.54) is 25.9 Å². The van der Waals surface area contributed by atoms with Crippen LogP contribution in [0.15, 0.2) is 24.3 Å². The molecule has 1 aliphatic rings. The summed E-state index contributed by atoms with van der Waals surface area (Å²) in [6, 6.07) is 7.84. The minimum absolute atomic E-state index is 0.182. The second-order valence-electron chi connectivity index (χ2n) is 6.59. The van der Waals surface area contributed by atoms with Gasteiger partial charge in [0.25, 0.3) is 0 Å². The van der Waals surface area contributed by atoms with Crippen LogP contribution in [0.4, 0.5) is 0 Å². The standard InChI is InChI=1S/C18H29NO2/c1-14(2)21-17-8-6-16(7-9-17)18(20)10-12-19-11-4-5-15(3)13-19/h6-9,14-15,18,20H,4-5,10-13H2,1-3H3. The number of nitrogens with zero attached hydrogens (tertiary/aromatic N) is 1. The van der Waals surface area contributed by atoms with E-state index in [1.54, 1.807) is 0 Å². The molecule has 0 bridgehead atoms. The summed E-state index contributed by atoms with van der Waals surface area (Å²) in [6.07, 6.45) is 3.24. The molecular formula is C18H29NO2. The first kappa shape index (κ1) is 16.3. The molecule has 0 aliphatic carbocycles. The lowest BCUT2D eigenvalue weighted by Crippen LogP contribution is -2.35. The summed E-state index contributed by atoms with van der Waals surface area (Å²) in [5.41, 5.74) is 0.983. The molecule has 1 aromatic rings. The second-order valence-corrected chi connectivity index (χ2v) is 6.59. The molecule has 1 heterocycles. The van der Waals surface area contributed by atoms with Gasteiger partial charge in [-0.1, -0.05) is 19.1 Å². The van der Waals surface area contributed by atoms with Gasteiger partial charge in [-0.05, 0) is 63.3 Å². The lowest BCUT2D eigenvalue weighted by Gasteiger charge is -2.31. The zero-order chi connectivity index (χ0) is 15.2. The Hall–Kier alpha value is -1.06. The van der Waals surface area contributed by atoms with Crippen LogP contribution in [0.25, 0.3) is 0 Å². The fourth-order valence-corrected chi connectivity index (χ4v) is 3.00. The summed E-state index contributed by atoms with van der Waals surface area (Å²) in [5.74, 6) is 1.66. The molecule has 3 nitrogen and oxygen atoms in total. The zero-order valence-corrected chi connectivity index (χ0v) is 13.6. The van der Waals surface area contributed by atoms with Crippen molar-refractivity contribution in [2.24, 2.45) is 5.92 Å². The van der Waals surface area contributed by atoms with Gasteiger partial charge in [-0.2, -0.15) is 0 Å². The molecule has 0 radical (unpaired) electrons. The van der Waals surface area contributed by atoms with E-state index in [9.17, 15) is 5.11 Å². The van der Waals surface area contributed by atoms with Crippen LogP contribution in [0.5, 0.6) is 5.75 Å². The predicted octanol–water partition coefficient (Wildman–Crippen LogP) is 3.63. The van der Waals surface area contributed by atoms with Crippen LogP contribution in [0.3, 0.4) is 0 Å². The highest BCUT2D eigenvalue weighted by molar-refractivity contribution is 5.28. The summed E-state index contributed by atoms with van der Waals surface area (Å²) in [7, 11) is 0. The van der Waals surface area contributed by atoms with Crippen molar-refractivity contribution in [2.75, 3.05) is 19.6 Å². The Labute approximate surface area is 128 Å². The summed E-state index contributed by atoms with van der Waals surface area (Å²) in [4.78, 5) is 2.48. The molecule has 21 heavy (non-hydrogen) atoms. The van der Waals surface area contributed by atoms with Crippen molar-refractivity contribution in [3.05, 3.63) is 29.8 Å². The molecule has 0 spiro atoms. The van der Waals surface area contributed by atoms with E-state index >= 15 is 0 Å². The maximum Gasteiger partial charge on any atom is 0.119 e. The number of piperidine rings is 1. The molecular weight excluding hydrogens is 262 g/mol. The molecule has 1 aliphatic heterocycles. The van der Waals surface area contributed by atoms with Gasteiger partial charge < -0.3 is 14.7 Å². The normalized spacial score (nSPS) is 21.5. The fourth-order valence-electron chi connectivity index (χ4n) is 3.00. The molecule has 2 unspecified atom stereocenters. The average molecular weight is 291 g/mol. The van der Waals surface area contributed by atoms with Crippen LogP contribution in [0, 0.1) is 5.92 Å². The Balaban J connectivity index is 1.81. The number of aliphatic hydroxyl groups is 1. The third-order valence-electron chi connectivity index (χ3n) is 4.10. The van der Waals surface area contributed by atoms with Gasteiger partial charge in [-0.25, -0.2) is 0 Å². The quantitative estimate of drug-likeness (QED) is 0.868. The molecule has 0 amide bonds. The molecule has 1 N–H and O–H groups in total. The smallest absolute Gasteiger partial charge is 0.119 e. The first-order valence-electron chi connectivity index (χ1n) is 8.21. The third kappa shape index (κ3) is 5.33. The Morgan fingerprint density at radius 2 is 2.00 bits per heavy atom. The second kappa shape index (κ2) is 7.81. The largest absolute Gasteiger partial charge is 0.491 e. The van der Waals surface area contributed by atoms with E-state index in [0.717, 1.165) is 30.2 Å². The van der Waals surface area contributed by atoms with Gasteiger partial charge in [0.05, 0.1) is 12.2 Å². The molecule has 1 saturated heterocycles.